The second kappa shape index (κ2) is 5.78. The quantitative estimate of drug-likeness (QED) is 0.819. The fourth-order valence-corrected chi connectivity index (χ4v) is 4.07. The van der Waals surface area contributed by atoms with Crippen LogP contribution in [0.1, 0.15) is 12.8 Å². The summed E-state index contributed by atoms with van der Waals surface area (Å²) < 4.78 is 30.2. The minimum absolute atomic E-state index is 0.0305. The first-order chi connectivity index (χ1) is 10.9. The van der Waals surface area contributed by atoms with E-state index in [-0.39, 0.29) is 10.9 Å². The Kier molecular flexibility index (Phi) is 3.94. The highest BCUT2D eigenvalue weighted by atomic mass is 32.2. The topological polar surface area (TPSA) is 102 Å². The molecule has 3 rings (SSSR count). The Morgan fingerprint density at radius 1 is 1.17 bits per heavy atom. The van der Waals surface area contributed by atoms with E-state index in [1.807, 2.05) is 0 Å². The van der Waals surface area contributed by atoms with Crippen molar-refractivity contribution in [1.82, 2.24) is 24.3 Å². The van der Waals surface area contributed by atoms with Crippen LogP contribution in [0.3, 0.4) is 0 Å². The Labute approximate surface area is 133 Å². The lowest BCUT2D eigenvalue weighted by Gasteiger charge is -2.32. The summed E-state index contributed by atoms with van der Waals surface area (Å²) in [5, 5.41) is 7.93. The second-order valence-corrected chi connectivity index (χ2v) is 7.07. The summed E-state index contributed by atoms with van der Waals surface area (Å²) in [7, 11) is -0.519. The van der Waals surface area contributed by atoms with E-state index < -0.39 is 16.1 Å². The van der Waals surface area contributed by atoms with Crippen LogP contribution in [0, 0.1) is 0 Å². The molecular formula is C13H18N6O3S. The number of carbonyl (C=O) groups excluding carboxylic acids is 1. The van der Waals surface area contributed by atoms with Gasteiger partial charge in [0.1, 0.15) is 11.9 Å². The molecule has 0 bridgehead atoms. The summed E-state index contributed by atoms with van der Waals surface area (Å²) in [5.41, 5.74) is 0. The van der Waals surface area contributed by atoms with Crippen LogP contribution in [0.25, 0.3) is 0 Å². The van der Waals surface area contributed by atoms with Gasteiger partial charge in [0.05, 0.1) is 12.4 Å². The third-order valence-corrected chi connectivity index (χ3v) is 5.40. The lowest BCUT2D eigenvalue weighted by atomic mass is 10.1. The fourth-order valence-electron chi connectivity index (χ4n) is 2.72. The van der Waals surface area contributed by atoms with Gasteiger partial charge in [0.2, 0.25) is 5.91 Å². The van der Waals surface area contributed by atoms with Crippen LogP contribution in [0.4, 0.5) is 5.82 Å². The van der Waals surface area contributed by atoms with E-state index in [0.717, 1.165) is 0 Å². The number of piperidine rings is 1. The van der Waals surface area contributed by atoms with Gasteiger partial charge in [-0.2, -0.15) is 14.9 Å². The molecule has 1 fully saturated rings. The van der Waals surface area contributed by atoms with Crippen molar-refractivity contribution in [1.29, 1.82) is 0 Å². The SMILES string of the molecule is Cn1nccc1N1CCC[C@@H](NS(=O)(=O)c2ccnn2C)C1=O. The molecule has 0 spiro atoms. The van der Waals surface area contributed by atoms with Crippen molar-refractivity contribution < 1.29 is 13.2 Å². The Bertz CT molecular complexity index is 824. The molecule has 1 aliphatic heterocycles. The van der Waals surface area contributed by atoms with E-state index in [2.05, 4.69) is 14.9 Å². The van der Waals surface area contributed by atoms with Gasteiger partial charge < -0.3 is 0 Å². The number of nitrogens with one attached hydrogen (secondary N) is 1. The zero-order chi connectivity index (χ0) is 16.6. The summed E-state index contributed by atoms with van der Waals surface area (Å²) >= 11 is 0. The van der Waals surface area contributed by atoms with E-state index >= 15 is 0 Å². The highest BCUT2D eigenvalue weighted by Crippen LogP contribution is 2.21. The molecule has 1 aliphatic rings. The van der Waals surface area contributed by atoms with Gasteiger partial charge in [-0.1, -0.05) is 0 Å². The van der Waals surface area contributed by atoms with Gasteiger partial charge in [0.25, 0.3) is 10.0 Å². The van der Waals surface area contributed by atoms with Crippen molar-refractivity contribution in [3.05, 3.63) is 24.5 Å². The van der Waals surface area contributed by atoms with Crippen molar-refractivity contribution in [3.63, 3.8) is 0 Å². The molecule has 2 aromatic rings. The molecule has 9 nitrogen and oxygen atoms in total. The molecule has 1 amide bonds. The van der Waals surface area contributed by atoms with Crippen molar-refractivity contribution in [2.24, 2.45) is 14.1 Å². The molecule has 23 heavy (non-hydrogen) atoms. The lowest BCUT2D eigenvalue weighted by Crippen LogP contribution is -2.53. The molecule has 0 aromatic carbocycles. The van der Waals surface area contributed by atoms with Crippen LogP contribution in [0.15, 0.2) is 29.6 Å². The van der Waals surface area contributed by atoms with Gasteiger partial charge in [-0.15, -0.1) is 0 Å². The maximum Gasteiger partial charge on any atom is 0.258 e. The van der Waals surface area contributed by atoms with Crippen molar-refractivity contribution in [3.8, 4) is 0 Å². The number of sulfonamides is 1. The first kappa shape index (κ1) is 15.7. The number of rotatable bonds is 4. The molecular weight excluding hydrogens is 320 g/mol. The predicted molar refractivity (Wildman–Crippen MR) is 82.1 cm³/mol. The fraction of sp³-hybridized carbons (Fsp3) is 0.462. The first-order valence-corrected chi connectivity index (χ1v) is 8.68. The largest absolute Gasteiger partial charge is 0.296 e. The van der Waals surface area contributed by atoms with E-state index in [0.29, 0.717) is 25.2 Å². The molecule has 2 aromatic heterocycles. The molecule has 1 saturated heterocycles. The number of aromatic nitrogens is 4. The molecule has 0 aliphatic carbocycles. The number of hydrogen-bond donors (Lipinski definition) is 1. The van der Waals surface area contributed by atoms with Crippen LogP contribution < -0.4 is 9.62 Å². The van der Waals surface area contributed by atoms with Gasteiger partial charge >= 0.3 is 0 Å². The van der Waals surface area contributed by atoms with Crippen molar-refractivity contribution >= 4 is 21.7 Å². The summed E-state index contributed by atoms with van der Waals surface area (Å²) in [5.74, 6) is 0.380. The summed E-state index contributed by atoms with van der Waals surface area (Å²) in [6.45, 7) is 0.544. The van der Waals surface area contributed by atoms with Crippen molar-refractivity contribution in [2.45, 2.75) is 23.9 Å². The standard InChI is InChI=1S/C13H18N6O3S/c1-17-11(5-7-14-17)19-9-3-4-10(13(19)20)16-23(21,22)12-6-8-15-18(12)2/h5-8,10,16H,3-4,9H2,1-2H3/t10-/m1/s1. The Morgan fingerprint density at radius 3 is 2.48 bits per heavy atom. The molecule has 10 heteroatoms. The third-order valence-electron chi connectivity index (χ3n) is 3.86. The van der Waals surface area contributed by atoms with Gasteiger partial charge in [-0.3, -0.25) is 19.1 Å². The molecule has 1 atom stereocenters. The summed E-state index contributed by atoms with van der Waals surface area (Å²) in [6.07, 6.45) is 4.17. The van der Waals surface area contributed by atoms with Gasteiger partial charge in [-0.05, 0) is 18.9 Å². The monoisotopic (exact) mass is 338 g/mol. The average molecular weight is 338 g/mol. The number of carbonyl (C=O) groups is 1. The van der Waals surface area contributed by atoms with Crippen LogP contribution in [-0.2, 0) is 28.9 Å². The van der Waals surface area contributed by atoms with E-state index in [4.69, 9.17) is 0 Å². The Hall–Kier alpha value is -2.20. The average Bonchev–Trinajstić information content (AvgIpc) is 3.10. The van der Waals surface area contributed by atoms with Crippen molar-refractivity contribution in [2.75, 3.05) is 11.4 Å². The molecule has 0 saturated carbocycles. The number of nitrogens with zero attached hydrogens (tertiary/aromatic N) is 5. The normalized spacial score (nSPS) is 19.3. The van der Waals surface area contributed by atoms with Crippen LogP contribution >= 0.6 is 0 Å². The molecule has 1 N–H and O–H groups in total. The zero-order valence-electron chi connectivity index (χ0n) is 12.9. The van der Waals surface area contributed by atoms with Gasteiger partial charge in [0.15, 0.2) is 5.03 Å². The lowest BCUT2D eigenvalue weighted by molar-refractivity contribution is -0.121. The van der Waals surface area contributed by atoms with Crippen LogP contribution in [0.5, 0.6) is 0 Å². The number of amides is 1. The van der Waals surface area contributed by atoms with E-state index in [1.54, 1.807) is 35.9 Å². The molecule has 124 valence electrons. The minimum atomic E-state index is -3.80. The number of anilines is 1. The maximum atomic E-state index is 12.6. The molecule has 3 heterocycles. The summed E-state index contributed by atoms with van der Waals surface area (Å²) in [4.78, 5) is 14.2. The first-order valence-electron chi connectivity index (χ1n) is 7.20. The van der Waals surface area contributed by atoms with Gasteiger partial charge in [0, 0.05) is 26.7 Å². The number of hydrogen-bond acceptors (Lipinski definition) is 5. The smallest absolute Gasteiger partial charge is 0.258 e. The zero-order valence-corrected chi connectivity index (χ0v) is 13.7. The summed E-state index contributed by atoms with van der Waals surface area (Å²) in [6, 6.07) is 2.34. The Morgan fingerprint density at radius 2 is 1.87 bits per heavy atom. The second-order valence-electron chi connectivity index (χ2n) is 5.41. The highest BCUT2D eigenvalue weighted by molar-refractivity contribution is 7.89. The minimum Gasteiger partial charge on any atom is -0.296 e. The number of aryl methyl sites for hydroxylation is 2. The van der Waals surface area contributed by atoms with Crippen LogP contribution in [-0.4, -0.2) is 46.5 Å². The molecule has 0 radical (unpaired) electrons. The predicted octanol–water partition coefficient (Wildman–Crippen LogP) is -0.372. The third kappa shape index (κ3) is 2.86. The van der Waals surface area contributed by atoms with E-state index in [1.165, 1.54) is 16.9 Å². The highest BCUT2D eigenvalue weighted by Gasteiger charge is 2.34. The van der Waals surface area contributed by atoms with Gasteiger partial charge in [-0.25, -0.2) is 8.42 Å². The Balaban J connectivity index is 1.82. The van der Waals surface area contributed by atoms with Crippen LogP contribution in [0.2, 0.25) is 0 Å². The maximum absolute atomic E-state index is 12.6. The van der Waals surface area contributed by atoms with E-state index in [9.17, 15) is 13.2 Å². The molecule has 0 unspecified atom stereocenters.